The summed E-state index contributed by atoms with van der Waals surface area (Å²) in [6.07, 6.45) is 0.175. The van der Waals surface area contributed by atoms with Crippen molar-refractivity contribution < 1.29 is 14.3 Å². The van der Waals surface area contributed by atoms with Crippen LogP contribution < -0.4 is 4.90 Å². The first-order chi connectivity index (χ1) is 15.6. The summed E-state index contributed by atoms with van der Waals surface area (Å²) in [5, 5.41) is 9.57. The van der Waals surface area contributed by atoms with Gasteiger partial charge in [-0.3, -0.25) is 9.36 Å². The molecule has 0 radical (unpaired) electrons. The maximum absolute atomic E-state index is 12.5. The Balaban J connectivity index is 1.35. The average molecular weight is 473 g/mol. The second kappa shape index (κ2) is 7.62. The third kappa shape index (κ3) is 3.92. The first-order valence-electron chi connectivity index (χ1n) is 11.3. The zero-order valence-electron chi connectivity index (χ0n) is 19.5. The number of fused-ring (bicyclic) bond motifs is 3. The summed E-state index contributed by atoms with van der Waals surface area (Å²) in [4.78, 5) is 30.6. The van der Waals surface area contributed by atoms with Crippen LogP contribution in [0.15, 0.2) is 18.2 Å². The molecule has 0 aliphatic carbocycles. The van der Waals surface area contributed by atoms with Crippen LogP contribution in [0, 0.1) is 5.41 Å². The molecular formula is C23H29ClN6O3. The highest BCUT2D eigenvalue weighted by Gasteiger charge is 2.55. The van der Waals surface area contributed by atoms with Gasteiger partial charge < -0.3 is 19.4 Å². The minimum atomic E-state index is -0.492. The van der Waals surface area contributed by atoms with Gasteiger partial charge in [0, 0.05) is 49.6 Å². The smallest absolute Gasteiger partial charge is 0.410 e. The highest BCUT2D eigenvalue weighted by Crippen LogP contribution is 2.43. The number of halogens is 1. The van der Waals surface area contributed by atoms with Gasteiger partial charge in [0.2, 0.25) is 11.9 Å². The Morgan fingerprint density at radius 1 is 1.09 bits per heavy atom. The van der Waals surface area contributed by atoms with E-state index in [0.717, 1.165) is 36.1 Å². The van der Waals surface area contributed by atoms with Gasteiger partial charge in [-0.1, -0.05) is 18.5 Å². The molecule has 33 heavy (non-hydrogen) atoms. The van der Waals surface area contributed by atoms with E-state index in [-0.39, 0.29) is 17.4 Å². The van der Waals surface area contributed by atoms with Gasteiger partial charge >= 0.3 is 6.09 Å². The summed E-state index contributed by atoms with van der Waals surface area (Å²) in [5.74, 6) is 1.57. The number of carbonyl (C=O) groups excluding carboxylic acids is 2. The van der Waals surface area contributed by atoms with Crippen LogP contribution >= 0.6 is 11.6 Å². The molecule has 9 nitrogen and oxygen atoms in total. The maximum atomic E-state index is 12.5. The molecule has 3 aliphatic rings. The number of ether oxygens (including phenoxy) is 1. The Morgan fingerprint density at radius 2 is 1.82 bits per heavy atom. The van der Waals surface area contributed by atoms with Gasteiger partial charge in [-0.25, -0.2) is 4.79 Å². The molecule has 0 atom stereocenters. The van der Waals surface area contributed by atoms with Crippen molar-refractivity contribution in [2.24, 2.45) is 5.41 Å². The van der Waals surface area contributed by atoms with E-state index in [1.165, 1.54) is 0 Å². The lowest BCUT2D eigenvalue weighted by Crippen LogP contribution is -2.73. The molecule has 1 spiro atoms. The number of benzene rings is 1. The summed E-state index contributed by atoms with van der Waals surface area (Å²) < 4.78 is 7.53. The van der Waals surface area contributed by atoms with Gasteiger partial charge in [-0.05, 0) is 44.5 Å². The van der Waals surface area contributed by atoms with Gasteiger partial charge in [0.1, 0.15) is 5.60 Å². The third-order valence-corrected chi connectivity index (χ3v) is 6.62. The first kappa shape index (κ1) is 22.0. The van der Waals surface area contributed by atoms with Crippen LogP contribution in [0.25, 0.3) is 5.69 Å². The molecule has 5 rings (SSSR count). The number of carbonyl (C=O) groups is 2. The summed E-state index contributed by atoms with van der Waals surface area (Å²) in [6.45, 7) is 11.3. The van der Waals surface area contributed by atoms with E-state index in [0.29, 0.717) is 37.6 Å². The standard InChI is InChI=1S/C23H29ClN6O3/c1-5-19(31)27-9-15-8-16(24)6-7-17(15)30-18(10-27)25-26-20(30)28-11-23(12-28)13-29(14-23)21(32)33-22(2,3)4/h6-8H,5,9-14H2,1-4H3. The highest BCUT2D eigenvalue weighted by atomic mass is 35.5. The van der Waals surface area contributed by atoms with Crippen molar-refractivity contribution >= 4 is 29.5 Å². The summed E-state index contributed by atoms with van der Waals surface area (Å²) in [5.41, 5.74) is 1.50. The normalized spacial score (nSPS) is 18.8. The van der Waals surface area contributed by atoms with Crippen LogP contribution in [0.4, 0.5) is 10.7 Å². The molecule has 176 valence electrons. The number of amides is 2. The zero-order valence-corrected chi connectivity index (χ0v) is 20.2. The van der Waals surface area contributed by atoms with Crippen LogP contribution in [0.2, 0.25) is 5.02 Å². The van der Waals surface area contributed by atoms with Crippen LogP contribution in [-0.2, 0) is 22.6 Å². The number of hydrogen-bond donors (Lipinski definition) is 0. The van der Waals surface area contributed by atoms with Crippen molar-refractivity contribution in [2.45, 2.75) is 52.8 Å². The first-order valence-corrected chi connectivity index (χ1v) is 11.7. The molecule has 2 aromatic rings. The number of anilines is 1. The Kier molecular flexibility index (Phi) is 5.08. The minimum absolute atomic E-state index is 0.0681. The van der Waals surface area contributed by atoms with Gasteiger partial charge in [-0.2, -0.15) is 0 Å². The number of aromatic nitrogens is 3. The quantitative estimate of drug-likeness (QED) is 0.667. The second-order valence-corrected chi connectivity index (χ2v) is 10.8. The van der Waals surface area contributed by atoms with E-state index in [4.69, 9.17) is 16.3 Å². The van der Waals surface area contributed by atoms with E-state index in [1.54, 1.807) is 9.80 Å². The lowest BCUT2D eigenvalue weighted by molar-refractivity contribution is -0.132. The SMILES string of the molecule is CCC(=O)N1Cc2cc(Cl)ccc2-n2c(nnc2N2CC3(CN(C(=O)OC(C)(C)C)C3)C2)C1. The topological polar surface area (TPSA) is 83.8 Å². The number of rotatable bonds is 2. The minimum Gasteiger partial charge on any atom is -0.444 e. The maximum Gasteiger partial charge on any atom is 0.410 e. The number of hydrogen-bond acceptors (Lipinski definition) is 6. The van der Waals surface area contributed by atoms with Crippen molar-refractivity contribution in [2.75, 3.05) is 31.1 Å². The third-order valence-electron chi connectivity index (χ3n) is 6.38. The molecule has 2 saturated heterocycles. The number of nitrogens with zero attached hydrogens (tertiary/aromatic N) is 6. The Hall–Kier alpha value is -2.81. The predicted octanol–water partition coefficient (Wildman–Crippen LogP) is 3.23. The van der Waals surface area contributed by atoms with Crippen LogP contribution in [0.1, 0.15) is 45.5 Å². The lowest BCUT2D eigenvalue weighted by atomic mass is 9.73. The second-order valence-electron chi connectivity index (χ2n) is 10.3. The molecule has 1 aromatic carbocycles. The van der Waals surface area contributed by atoms with E-state index in [9.17, 15) is 9.59 Å². The lowest BCUT2D eigenvalue weighted by Gasteiger charge is -2.59. The average Bonchev–Trinajstić information content (AvgIpc) is 2.99. The summed E-state index contributed by atoms with van der Waals surface area (Å²) in [6, 6.07) is 5.73. The fourth-order valence-corrected chi connectivity index (χ4v) is 5.11. The molecule has 0 bridgehead atoms. The van der Waals surface area contributed by atoms with Gasteiger partial charge in [0.15, 0.2) is 5.82 Å². The molecule has 4 heterocycles. The fourth-order valence-electron chi connectivity index (χ4n) is 4.92. The summed E-state index contributed by atoms with van der Waals surface area (Å²) >= 11 is 6.28. The van der Waals surface area contributed by atoms with Crippen molar-refractivity contribution in [1.29, 1.82) is 0 Å². The van der Waals surface area contributed by atoms with E-state index < -0.39 is 5.60 Å². The Morgan fingerprint density at radius 3 is 2.48 bits per heavy atom. The monoisotopic (exact) mass is 472 g/mol. The predicted molar refractivity (Wildman–Crippen MR) is 123 cm³/mol. The van der Waals surface area contributed by atoms with Crippen LogP contribution in [0.5, 0.6) is 0 Å². The van der Waals surface area contributed by atoms with Crippen molar-refractivity contribution in [3.05, 3.63) is 34.6 Å². The Bertz CT molecular complexity index is 1110. The van der Waals surface area contributed by atoms with Crippen molar-refractivity contribution in [3.63, 3.8) is 0 Å². The van der Waals surface area contributed by atoms with Gasteiger partial charge in [0.05, 0.1) is 12.2 Å². The Labute approximate surface area is 198 Å². The van der Waals surface area contributed by atoms with Crippen LogP contribution in [-0.4, -0.2) is 68.3 Å². The molecule has 0 N–H and O–H groups in total. The molecule has 1 aromatic heterocycles. The van der Waals surface area contributed by atoms with Gasteiger partial charge in [0.25, 0.3) is 0 Å². The summed E-state index contributed by atoms with van der Waals surface area (Å²) in [7, 11) is 0. The van der Waals surface area contributed by atoms with E-state index >= 15 is 0 Å². The zero-order chi connectivity index (χ0) is 23.5. The molecule has 2 fully saturated rings. The number of likely N-dealkylation sites (tertiary alicyclic amines) is 1. The van der Waals surface area contributed by atoms with Crippen molar-refractivity contribution in [1.82, 2.24) is 24.6 Å². The van der Waals surface area contributed by atoms with Crippen molar-refractivity contribution in [3.8, 4) is 5.69 Å². The van der Waals surface area contributed by atoms with Gasteiger partial charge in [-0.15, -0.1) is 10.2 Å². The van der Waals surface area contributed by atoms with E-state index in [2.05, 4.69) is 15.1 Å². The molecule has 0 unspecified atom stereocenters. The molecule has 10 heteroatoms. The van der Waals surface area contributed by atoms with Crippen LogP contribution in [0.3, 0.4) is 0 Å². The molecule has 3 aliphatic heterocycles. The van der Waals surface area contributed by atoms with E-state index in [1.807, 2.05) is 50.5 Å². The molecule has 0 saturated carbocycles. The molecular weight excluding hydrogens is 444 g/mol. The fraction of sp³-hybridized carbons (Fsp3) is 0.565. The molecule has 2 amide bonds. The largest absolute Gasteiger partial charge is 0.444 e. The highest BCUT2D eigenvalue weighted by molar-refractivity contribution is 6.30.